The zero-order chi connectivity index (χ0) is 9.61. The molecule has 0 aliphatic heterocycles. The molecule has 72 valence electrons. The number of carboxylic acids is 1. The van der Waals surface area contributed by atoms with E-state index >= 15 is 0 Å². The highest BCUT2D eigenvalue weighted by Gasteiger charge is 2.36. The maximum absolute atomic E-state index is 10.9. The lowest BCUT2D eigenvalue weighted by atomic mass is 9.87. The molecule has 0 saturated carbocycles. The van der Waals surface area contributed by atoms with Crippen molar-refractivity contribution in [1.29, 1.82) is 0 Å². The number of carbonyl (C=O) groups is 1. The number of ether oxygens (including phenoxy) is 2. The Labute approximate surface area is 72.5 Å². The molecule has 0 radical (unpaired) electrons. The lowest BCUT2D eigenvalue weighted by Crippen LogP contribution is -2.39. The van der Waals surface area contributed by atoms with Gasteiger partial charge in [0.05, 0.1) is 13.2 Å². The molecule has 4 nitrogen and oxygen atoms in total. The predicted octanol–water partition coefficient (Wildman–Crippen LogP) is 0.760. The van der Waals surface area contributed by atoms with E-state index in [4.69, 9.17) is 14.6 Å². The number of carboxylic acid groups (broad SMARTS) is 1. The Morgan fingerprint density at radius 1 is 1.33 bits per heavy atom. The van der Waals surface area contributed by atoms with Gasteiger partial charge < -0.3 is 14.6 Å². The Bertz CT molecular complexity index is 138. The summed E-state index contributed by atoms with van der Waals surface area (Å²) in [4.78, 5) is 10.9. The minimum Gasteiger partial charge on any atom is -0.481 e. The maximum Gasteiger partial charge on any atom is 0.314 e. The quantitative estimate of drug-likeness (QED) is 0.649. The van der Waals surface area contributed by atoms with Crippen LogP contribution in [0, 0.1) is 5.41 Å². The first-order valence-electron chi connectivity index (χ1n) is 3.84. The number of hydrogen-bond acceptors (Lipinski definition) is 3. The Morgan fingerprint density at radius 2 is 1.75 bits per heavy atom. The number of methoxy groups -OCH3 is 2. The first-order valence-corrected chi connectivity index (χ1v) is 3.84. The fourth-order valence-corrected chi connectivity index (χ4v) is 1.07. The predicted molar refractivity (Wildman–Crippen MR) is 44.1 cm³/mol. The second kappa shape index (κ2) is 5.11. The van der Waals surface area contributed by atoms with Crippen molar-refractivity contribution in [1.82, 2.24) is 0 Å². The van der Waals surface area contributed by atoms with E-state index in [2.05, 4.69) is 0 Å². The fourth-order valence-electron chi connectivity index (χ4n) is 1.07. The van der Waals surface area contributed by atoms with Gasteiger partial charge in [0.25, 0.3) is 0 Å². The zero-order valence-electron chi connectivity index (χ0n) is 7.79. The van der Waals surface area contributed by atoms with E-state index in [0.717, 1.165) is 0 Å². The highest BCUT2D eigenvalue weighted by atomic mass is 16.5. The Hall–Kier alpha value is -0.610. The van der Waals surface area contributed by atoms with E-state index in [9.17, 15) is 4.79 Å². The lowest BCUT2D eigenvalue weighted by Gasteiger charge is -2.25. The van der Waals surface area contributed by atoms with Gasteiger partial charge in [-0.3, -0.25) is 4.79 Å². The van der Waals surface area contributed by atoms with E-state index in [1.165, 1.54) is 14.2 Å². The average molecular weight is 176 g/mol. The molecule has 0 unspecified atom stereocenters. The first kappa shape index (κ1) is 11.4. The fraction of sp³-hybridized carbons (Fsp3) is 0.875. The number of hydrogen-bond donors (Lipinski definition) is 1. The Balaban J connectivity index is 4.39. The van der Waals surface area contributed by atoms with Gasteiger partial charge in [-0.25, -0.2) is 0 Å². The Kier molecular flexibility index (Phi) is 4.85. The summed E-state index contributed by atoms with van der Waals surface area (Å²) in [6.07, 6.45) is 0.504. The van der Waals surface area contributed by atoms with Crippen LogP contribution in [0.2, 0.25) is 0 Å². The molecule has 0 amide bonds. The summed E-state index contributed by atoms with van der Waals surface area (Å²) in [6, 6.07) is 0. The third kappa shape index (κ3) is 2.46. The SMILES string of the molecule is CCC(COC)(COC)C(=O)O. The summed E-state index contributed by atoms with van der Waals surface area (Å²) in [5.41, 5.74) is -0.885. The molecule has 0 rings (SSSR count). The van der Waals surface area contributed by atoms with Crippen LogP contribution in [0.5, 0.6) is 0 Å². The van der Waals surface area contributed by atoms with E-state index in [1.807, 2.05) is 6.92 Å². The molecule has 0 saturated heterocycles. The minimum absolute atomic E-state index is 0.187. The molecule has 0 aromatic rings. The molecule has 0 aromatic heterocycles. The van der Waals surface area contributed by atoms with Crippen LogP contribution in [0.3, 0.4) is 0 Å². The van der Waals surface area contributed by atoms with Crippen molar-refractivity contribution >= 4 is 5.97 Å². The summed E-state index contributed by atoms with van der Waals surface area (Å²) in [5, 5.41) is 8.93. The topological polar surface area (TPSA) is 55.8 Å². The monoisotopic (exact) mass is 176 g/mol. The smallest absolute Gasteiger partial charge is 0.314 e. The maximum atomic E-state index is 10.9. The third-order valence-corrected chi connectivity index (χ3v) is 1.97. The standard InChI is InChI=1S/C8H16O4/c1-4-8(5-11-2,6-12-3)7(9)10/h4-6H2,1-3H3,(H,9,10). The minimum atomic E-state index is -0.885. The lowest BCUT2D eigenvalue weighted by molar-refractivity contribution is -0.156. The molecular weight excluding hydrogens is 160 g/mol. The van der Waals surface area contributed by atoms with Gasteiger partial charge >= 0.3 is 5.97 Å². The second-order valence-electron chi connectivity index (χ2n) is 2.81. The van der Waals surface area contributed by atoms with Gasteiger partial charge in [0.2, 0.25) is 0 Å². The molecule has 0 bridgehead atoms. The van der Waals surface area contributed by atoms with Gasteiger partial charge in [0.1, 0.15) is 5.41 Å². The molecule has 12 heavy (non-hydrogen) atoms. The van der Waals surface area contributed by atoms with Gasteiger partial charge in [-0.05, 0) is 6.42 Å². The van der Waals surface area contributed by atoms with Crippen molar-refractivity contribution in [3.05, 3.63) is 0 Å². The molecular formula is C8H16O4. The van der Waals surface area contributed by atoms with Gasteiger partial charge in [-0.1, -0.05) is 6.92 Å². The van der Waals surface area contributed by atoms with E-state index in [1.54, 1.807) is 0 Å². The molecule has 0 atom stereocenters. The summed E-state index contributed by atoms with van der Waals surface area (Å²) < 4.78 is 9.70. The summed E-state index contributed by atoms with van der Waals surface area (Å²) in [6.45, 7) is 2.19. The van der Waals surface area contributed by atoms with E-state index in [0.29, 0.717) is 6.42 Å². The third-order valence-electron chi connectivity index (χ3n) is 1.97. The van der Waals surface area contributed by atoms with Gasteiger partial charge in [0, 0.05) is 14.2 Å². The van der Waals surface area contributed by atoms with Crippen LogP contribution < -0.4 is 0 Å². The average Bonchev–Trinajstić information content (AvgIpc) is 2.03. The van der Waals surface area contributed by atoms with Crippen molar-refractivity contribution in [2.75, 3.05) is 27.4 Å². The van der Waals surface area contributed by atoms with Gasteiger partial charge in [-0.15, -0.1) is 0 Å². The van der Waals surface area contributed by atoms with Crippen LogP contribution in [0.15, 0.2) is 0 Å². The van der Waals surface area contributed by atoms with Crippen molar-refractivity contribution in [2.24, 2.45) is 5.41 Å². The summed E-state index contributed by atoms with van der Waals surface area (Å²) in [5.74, 6) is -0.867. The number of rotatable bonds is 6. The molecule has 0 spiro atoms. The van der Waals surface area contributed by atoms with E-state index < -0.39 is 11.4 Å². The molecule has 0 aliphatic rings. The molecule has 1 N–H and O–H groups in total. The van der Waals surface area contributed by atoms with Crippen molar-refractivity contribution < 1.29 is 19.4 Å². The van der Waals surface area contributed by atoms with Crippen LogP contribution in [-0.2, 0) is 14.3 Å². The van der Waals surface area contributed by atoms with Crippen LogP contribution in [0.25, 0.3) is 0 Å². The summed E-state index contributed by atoms with van der Waals surface area (Å²) in [7, 11) is 2.98. The highest BCUT2D eigenvalue weighted by Crippen LogP contribution is 2.22. The molecule has 0 aliphatic carbocycles. The molecule has 0 fully saturated rings. The van der Waals surface area contributed by atoms with Crippen molar-refractivity contribution in [3.63, 3.8) is 0 Å². The van der Waals surface area contributed by atoms with Gasteiger partial charge in [0.15, 0.2) is 0 Å². The normalized spacial score (nSPS) is 11.6. The Morgan fingerprint density at radius 3 is 1.92 bits per heavy atom. The molecule has 0 heterocycles. The van der Waals surface area contributed by atoms with Crippen LogP contribution in [0.4, 0.5) is 0 Å². The van der Waals surface area contributed by atoms with Crippen LogP contribution in [0.1, 0.15) is 13.3 Å². The van der Waals surface area contributed by atoms with Crippen molar-refractivity contribution in [3.8, 4) is 0 Å². The number of aliphatic carboxylic acids is 1. The summed E-state index contributed by atoms with van der Waals surface area (Å²) >= 11 is 0. The molecule has 0 aromatic carbocycles. The van der Waals surface area contributed by atoms with Crippen molar-refractivity contribution in [2.45, 2.75) is 13.3 Å². The zero-order valence-corrected chi connectivity index (χ0v) is 7.79. The van der Waals surface area contributed by atoms with E-state index in [-0.39, 0.29) is 13.2 Å². The largest absolute Gasteiger partial charge is 0.481 e. The highest BCUT2D eigenvalue weighted by molar-refractivity contribution is 5.74. The molecule has 4 heteroatoms. The van der Waals surface area contributed by atoms with Crippen LogP contribution >= 0.6 is 0 Å². The first-order chi connectivity index (χ1) is 5.63. The van der Waals surface area contributed by atoms with Gasteiger partial charge in [-0.2, -0.15) is 0 Å². The van der Waals surface area contributed by atoms with Crippen LogP contribution in [-0.4, -0.2) is 38.5 Å². The second-order valence-corrected chi connectivity index (χ2v) is 2.81.